The van der Waals surface area contributed by atoms with E-state index in [1.54, 1.807) is 14.1 Å². The van der Waals surface area contributed by atoms with Crippen LogP contribution in [0, 0.1) is 0 Å². The van der Waals surface area contributed by atoms with Crippen LogP contribution in [0.4, 0.5) is 5.69 Å². The third-order valence-electron chi connectivity index (χ3n) is 1.78. The summed E-state index contributed by atoms with van der Waals surface area (Å²) in [6, 6.07) is 0. The minimum Gasteiger partial charge on any atom is -0.478 e. The molecule has 0 aliphatic heterocycles. The summed E-state index contributed by atoms with van der Waals surface area (Å²) in [5.41, 5.74) is 0.265. The van der Waals surface area contributed by atoms with Gasteiger partial charge in [0.25, 0.3) is 0 Å². The summed E-state index contributed by atoms with van der Waals surface area (Å²) in [6.45, 7) is 0. The fourth-order valence-corrected chi connectivity index (χ4v) is 3.39. The molecule has 0 amide bonds. The second-order valence-corrected chi connectivity index (χ2v) is 6.49. The van der Waals surface area contributed by atoms with Gasteiger partial charge in [-0.15, -0.1) is 5.11 Å². The van der Waals surface area contributed by atoms with Crippen LogP contribution in [0.2, 0.25) is 0 Å². The molecule has 0 saturated heterocycles. The molecule has 0 heterocycles. The van der Waals surface area contributed by atoms with Gasteiger partial charge in [0.05, 0.1) is 4.47 Å². The molecule has 0 aromatic heterocycles. The summed E-state index contributed by atoms with van der Waals surface area (Å²) in [5.74, 6) is -1.09. The van der Waals surface area contributed by atoms with Crippen molar-refractivity contribution in [1.29, 1.82) is 0 Å². The molecule has 0 unspecified atom stereocenters. The molecule has 1 N–H and O–H groups in total. The normalized spacial score (nSPS) is 11.0. The van der Waals surface area contributed by atoms with E-state index in [2.05, 4.69) is 74.1 Å². The summed E-state index contributed by atoms with van der Waals surface area (Å²) >= 11 is 13.2. The Morgan fingerprint density at radius 3 is 2.00 bits per heavy atom. The zero-order valence-corrected chi connectivity index (χ0v) is 15.6. The van der Waals surface area contributed by atoms with E-state index in [0.29, 0.717) is 17.9 Å². The van der Waals surface area contributed by atoms with Crippen LogP contribution in [-0.4, -0.2) is 30.2 Å². The van der Waals surface area contributed by atoms with Gasteiger partial charge >= 0.3 is 5.97 Å². The standard InChI is InChI=1S/C9H7Br4N3O2/c1-16(2)15-14-8-3(9(17)18)4(10)5(11)6(12)7(8)13/h1-2H3,(H,17,18). The van der Waals surface area contributed by atoms with Gasteiger partial charge in [-0.3, -0.25) is 5.01 Å². The average molecular weight is 509 g/mol. The lowest BCUT2D eigenvalue weighted by Crippen LogP contribution is -2.02. The maximum Gasteiger partial charge on any atom is 0.339 e. The lowest BCUT2D eigenvalue weighted by atomic mass is 10.2. The van der Waals surface area contributed by atoms with E-state index in [9.17, 15) is 9.90 Å². The number of rotatable bonds is 3. The number of aromatic carboxylic acids is 1. The molecule has 98 valence electrons. The van der Waals surface area contributed by atoms with Crippen LogP contribution in [0.25, 0.3) is 0 Å². The van der Waals surface area contributed by atoms with E-state index in [-0.39, 0.29) is 11.3 Å². The van der Waals surface area contributed by atoms with Crippen molar-refractivity contribution in [3.8, 4) is 0 Å². The lowest BCUT2D eigenvalue weighted by Gasteiger charge is -2.11. The number of benzene rings is 1. The van der Waals surface area contributed by atoms with Crippen molar-refractivity contribution in [3.05, 3.63) is 23.5 Å². The van der Waals surface area contributed by atoms with Crippen LogP contribution >= 0.6 is 63.7 Å². The molecule has 0 radical (unpaired) electrons. The molecule has 18 heavy (non-hydrogen) atoms. The highest BCUT2D eigenvalue weighted by molar-refractivity contribution is 9.15. The minimum absolute atomic E-state index is 0.0301. The fraction of sp³-hybridized carbons (Fsp3) is 0.222. The van der Waals surface area contributed by atoms with Crippen molar-refractivity contribution in [1.82, 2.24) is 5.01 Å². The molecule has 9 heteroatoms. The van der Waals surface area contributed by atoms with Crippen LogP contribution in [0.5, 0.6) is 0 Å². The summed E-state index contributed by atoms with van der Waals surface area (Å²) < 4.78 is 2.17. The Morgan fingerprint density at radius 1 is 1.06 bits per heavy atom. The first kappa shape index (κ1) is 16.1. The first-order chi connectivity index (χ1) is 8.27. The van der Waals surface area contributed by atoms with Crippen molar-refractivity contribution in [2.24, 2.45) is 10.3 Å². The Balaban J connectivity index is 3.61. The van der Waals surface area contributed by atoms with Gasteiger partial charge < -0.3 is 5.11 Å². The second kappa shape index (κ2) is 6.44. The minimum atomic E-state index is -1.09. The molecule has 1 aromatic rings. The topological polar surface area (TPSA) is 65.3 Å². The molecule has 0 bridgehead atoms. The zero-order chi connectivity index (χ0) is 14.0. The van der Waals surface area contributed by atoms with E-state index < -0.39 is 5.97 Å². The predicted molar refractivity (Wildman–Crippen MR) is 82.4 cm³/mol. The monoisotopic (exact) mass is 505 g/mol. The molecule has 0 spiro atoms. The number of halogens is 4. The van der Waals surface area contributed by atoms with Gasteiger partial charge in [0.1, 0.15) is 11.3 Å². The SMILES string of the molecule is CN(C)N=Nc1c(Br)c(Br)c(Br)c(Br)c1C(=O)O. The van der Waals surface area contributed by atoms with Gasteiger partial charge in [-0.25, -0.2) is 4.79 Å². The van der Waals surface area contributed by atoms with E-state index in [0.717, 1.165) is 0 Å². The Hall–Kier alpha value is 0.01000. The Labute approximate surface area is 137 Å². The van der Waals surface area contributed by atoms with E-state index in [1.807, 2.05) is 0 Å². The van der Waals surface area contributed by atoms with Gasteiger partial charge in [0, 0.05) is 27.5 Å². The maximum atomic E-state index is 11.3. The molecule has 0 atom stereocenters. The van der Waals surface area contributed by atoms with Crippen LogP contribution in [0.3, 0.4) is 0 Å². The summed E-state index contributed by atoms with van der Waals surface area (Å²) in [4.78, 5) is 11.3. The Kier molecular flexibility index (Phi) is 5.75. The first-order valence-electron chi connectivity index (χ1n) is 4.45. The predicted octanol–water partition coefficient (Wildman–Crippen LogP) is 5.00. The van der Waals surface area contributed by atoms with E-state index in [1.165, 1.54) is 5.01 Å². The third-order valence-corrected chi connectivity index (χ3v) is 6.53. The Morgan fingerprint density at radius 2 is 1.56 bits per heavy atom. The molecule has 0 saturated carbocycles. The number of carboxylic acid groups (broad SMARTS) is 1. The van der Waals surface area contributed by atoms with Gasteiger partial charge in [0.2, 0.25) is 0 Å². The quantitative estimate of drug-likeness (QED) is 0.271. The molecule has 0 aliphatic rings. The summed E-state index contributed by atoms with van der Waals surface area (Å²) in [6.07, 6.45) is 0. The Bertz CT molecular complexity index is 531. The number of hydrogen-bond acceptors (Lipinski definition) is 3. The highest BCUT2D eigenvalue weighted by Gasteiger charge is 2.23. The highest BCUT2D eigenvalue weighted by atomic mass is 79.9. The van der Waals surface area contributed by atoms with E-state index >= 15 is 0 Å². The van der Waals surface area contributed by atoms with Crippen molar-refractivity contribution in [2.45, 2.75) is 0 Å². The molecule has 5 nitrogen and oxygen atoms in total. The maximum absolute atomic E-state index is 11.3. The van der Waals surface area contributed by atoms with Gasteiger partial charge in [-0.05, 0) is 63.7 Å². The second-order valence-electron chi connectivity index (χ2n) is 3.32. The molecular formula is C9H7Br4N3O2. The molecule has 1 aromatic carbocycles. The van der Waals surface area contributed by atoms with Crippen LogP contribution < -0.4 is 0 Å². The summed E-state index contributed by atoms with van der Waals surface area (Å²) in [5, 5.41) is 18.5. The fourth-order valence-electron chi connectivity index (χ4n) is 1.04. The summed E-state index contributed by atoms with van der Waals surface area (Å²) in [7, 11) is 3.39. The lowest BCUT2D eigenvalue weighted by molar-refractivity contribution is 0.0696. The van der Waals surface area contributed by atoms with E-state index in [4.69, 9.17) is 0 Å². The van der Waals surface area contributed by atoms with Crippen LogP contribution in [0.1, 0.15) is 10.4 Å². The average Bonchev–Trinajstić information content (AvgIpc) is 2.28. The molecular weight excluding hydrogens is 502 g/mol. The van der Waals surface area contributed by atoms with Crippen LogP contribution in [-0.2, 0) is 0 Å². The first-order valence-corrected chi connectivity index (χ1v) is 7.62. The number of hydrogen-bond donors (Lipinski definition) is 1. The van der Waals surface area contributed by atoms with Crippen molar-refractivity contribution < 1.29 is 9.90 Å². The largest absolute Gasteiger partial charge is 0.478 e. The number of carboxylic acids is 1. The molecule has 1 rings (SSSR count). The van der Waals surface area contributed by atoms with Gasteiger partial charge in [0.15, 0.2) is 0 Å². The van der Waals surface area contributed by atoms with Crippen LogP contribution in [0.15, 0.2) is 28.2 Å². The van der Waals surface area contributed by atoms with Gasteiger partial charge in [-0.2, -0.15) is 0 Å². The smallest absolute Gasteiger partial charge is 0.339 e. The number of nitrogens with zero attached hydrogens (tertiary/aromatic N) is 3. The highest BCUT2D eigenvalue weighted by Crippen LogP contribution is 2.46. The molecule has 0 aliphatic carbocycles. The van der Waals surface area contributed by atoms with Crippen molar-refractivity contribution >= 4 is 75.4 Å². The number of carbonyl (C=O) groups is 1. The third kappa shape index (κ3) is 3.31. The van der Waals surface area contributed by atoms with Crippen molar-refractivity contribution in [3.63, 3.8) is 0 Å². The zero-order valence-electron chi connectivity index (χ0n) is 9.21. The molecule has 0 fully saturated rings. The van der Waals surface area contributed by atoms with Gasteiger partial charge in [-0.1, -0.05) is 5.22 Å². The van der Waals surface area contributed by atoms with Crippen molar-refractivity contribution in [2.75, 3.05) is 14.1 Å².